The number of nitrogens with zero attached hydrogens (tertiary/aromatic N) is 2. The Bertz CT molecular complexity index is 382. The molecule has 1 aromatic rings. The van der Waals surface area contributed by atoms with Crippen LogP contribution in [0.1, 0.15) is 49.8 Å². The molecule has 0 aliphatic carbocycles. The van der Waals surface area contributed by atoms with Crippen LogP contribution in [0.5, 0.6) is 0 Å². The zero-order chi connectivity index (χ0) is 12.4. The Hall–Kier alpha value is -0.600. The fourth-order valence-electron chi connectivity index (χ4n) is 2.38. The highest BCUT2D eigenvalue weighted by molar-refractivity contribution is 6.29. The predicted octanol–water partition coefficient (Wildman–Crippen LogP) is 3.67. The molecule has 2 rings (SSSR count). The van der Waals surface area contributed by atoms with E-state index in [1.54, 1.807) is 0 Å². The Morgan fingerprint density at radius 3 is 2.53 bits per heavy atom. The van der Waals surface area contributed by atoms with E-state index >= 15 is 0 Å². The molecule has 0 amide bonds. The van der Waals surface area contributed by atoms with Crippen molar-refractivity contribution in [1.29, 1.82) is 0 Å². The zero-order valence-corrected chi connectivity index (χ0v) is 11.7. The number of piperidine rings is 1. The summed E-state index contributed by atoms with van der Waals surface area (Å²) in [7, 11) is 2.18. The Morgan fingerprint density at radius 2 is 1.94 bits per heavy atom. The van der Waals surface area contributed by atoms with E-state index in [-0.39, 0.29) is 0 Å². The molecular weight excluding hydrogens is 232 g/mol. The lowest BCUT2D eigenvalue weighted by atomic mass is 9.91. The number of pyridine rings is 1. The summed E-state index contributed by atoms with van der Waals surface area (Å²) in [6, 6.07) is 4.23. The monoisotopic (exact) mass is 252 g/mol. The van der Waals surface area contributed by atoms with Gasteiger partial charge in [-0.25, -0.2) is 4.98 Å². The Labute approximate surface area is 109 Å². The molecule has 2 heterocycles. The second-order valence-corrected chi connectivity index (χ2v) is 5.77. The van der Waals surface area contributed by atoms with Crippen LogP contribution in [0.3, 0.4) is 0 Å². The number of halogens is 1. The van der Waals surface area contributed by atoms with Crippen molar-refractivity contribution in [2.75, 3.05) is 20.1 Å². The molecule has 0 bridgehead atoms. The molecule has 3 heteroatoms. The first-order valence-corrected chi connectivity index (χ1v) is 6.80. The Balaban J connectivity index is 2.20. The molecule has 1 aromatic heterocycles. The van der Waals surface area contributed by atoms with Gasteiger partial charge in [0.15, 0.2) is 0 Å². The zero-order valence-electron chi connectivity index (χ0n) is 10.9. The van der Waals surface area contributed by atoms with Crippen molar-refractivity contribution in [3.8, 4) is 0 Å². The molecular formula is C14H21ClN2. The molecule has 94 valence electrons. The highest BCUT2D eigenvalue weighted by Gasteiger charge is 2.20. The molecule has 0 unspecified atom stereocenters. The minimum atomic E-state index is 0.514. The second kappa shape index (κ2) is 5.36. The molecule has 1 aliphatic rings. The van der Waals surface area contributed by atoms with E-state index in [1.165, 1.54) is 24.1 Å². The van der Waals surface area contributed by atoms with Gasteiger partial charge in [0.05, 0.1) is 0 Å². The molecule has 0 aromatic carbocycles. The first-order chi connectivity index (χ1) is 8.06. The first kappa shape index (κ1) is 12.8. The number of likely N-dealkylation sites (tertiary alicyclic amines) is 1. The van der Waals surface area contributed by atoms with E-state index in [1.807, 2.05) is 6.07 Å². The summed E-state index contributed by atoms with van der Waals surface area (Å²) in [5.41, 5.74) is 2.49. The topological polar surface area (TPSA) is 16.1 Å². The first-order valence-electron chi connectivity index (χ1n) is 6.42. The van der Waals surface area contributed by atoms with E-state index in [2.05, 4.69) is 36.8 Å². The summed E-state index contributed by atoms with van der Waals surface area (Å²) in [6.45, 7) is 6.72. The smallest absolute Gasteiger partial charge is 0.129 e. The van der Waals surface area contributed by atoms with Crippen LogP contribution in [0.2, 0.25) is 5.15 Å². The summed E-state index contributed by atoms with van der Waals surface area (Å²) < 4.78 is 0. The van der Waals surface area contributed by atoms with Crippen molar-refractivity contribution in [2.45, 2.75) is 38.5 Å². The lowest BCUT2D eigenvalue weighted by molar-refractivity contribution is 0.253. The lowest BCUT2D eigenvalue weighted by Crippen LogP contribution is -2.29. The second-order valence-electron chi connectivity index (χ2n) is 5.38. The van der Waals surface area contributed by atoms with Crippen LogP contribution < -0.4 is 0 Å². The Morgan fingerprint density at radius 1 is 1.29 bits per heavy atom. The van der Waals surface area contributed by atoms with Gasteiger partial charge in [-0.3, -0.25) is 0 Å². The molecule has 1 saturated heterocycles. The third-order valence-corrected chi connectivity index (χ3v) is 3.83. The maximum atomic E-state index is 6.12. The molecule has 1 aliphatic heterocycles. The molecule has 0 radical (unpaired) electrons. The molecule has 0 N–H and O–H groups in total. The van der Waals surface area contributed by atoms with Gasteiger partial charge in [-0.2, -0.15) is 0 Å². The minimum Gasteiger partial charge on any atom is -0.306 e. The van der Waals surface area contributed by atoms with Crippen molar-refractivity contribution in [3.05, 3.63) is 28.5 Å². The quantitative estimate of drug-likeness (QED) is 0.747. The van der Waals surface area contributed by atoms with Crippen LogP contribution in [0.15, 0.2) is 12.1 Å². The van der Waals surface area contributed by atoms with Gasteiger partial charge in [-0.05, 0) is 56.6 Å². The summed E-state index contributed by atoms with van der Waals surface area (Å²) in [5.74, 6) is 1.10. The van der Waals surface area contributed by atoms with Crippen LogP contribution in [0.25, 0.3) is 0 Å². The average Bonchev–Trinajstić information content (AvgIpc) is 2.29. The van der Waals surface area contributed by atoms with Gasteiger partial charge in [-0.15, -0.1) is 0 Å². The van der Waals surface area contributed by atoms with Crippen molar-refractivity contribution in [1.82, 2.24) is 9.88 Å². The van der Waals surface area contributed by atoms with Gasteiger partial charge in [0.25, 0.3) is 0 Å². The minimum absolute atomic E-state index is 0.514. The van der Waals surface area contributed by atoms with E-state index in [9.17, 15) is 0 Å². The van der Waals surface area contributed by atoms with Crippen LogP contribution in [-0.2, 0) is 0 Å². The predicted molar refractivity (Wildman–Crippen MR) is 72.8 cm³/mol. The summed E-state index contributed by atoms with van der Waals surface area (Å²) in [6.07, 6.45) is 2.39. The van der Waals surface area contributed by atoms with Crippen LogP contribution in [-0.4, -0.2) is 30.0 Å². The number of hydrogen-bond donors (Lipinski definition) is 0. The van der Waals surface area contributed by atoms with Crippen molar-refractivity contribution in [3.63, 3.8) is 0 Å². The third kappa shape index (κ3) is 3.20. The largest absolute Gasteiger partial charge is 0.306 e. The lowest BCUT2D eigenvalue weighted by Gasteiger charge is -2.29. The highest BCUT2D eigenvalue weighted by atomic mass is 35.5. The molecule has 17 heavy (non-hydrogen) atoms. The summed E-state index contributed by atoms with van der Waals surface area (Å²) in [4.78, 5) is 6.89. The van der Waals surface area contributed by atoms with Crippen LogP contribution >= 0.6 is 11.6 Å². The summed E-state index contributed by atoms with van der Waals surface area (Å²) in [5, 5.41) is 0.644. The molecule has 0 atom stereocenters. The van der Waals surface area contributed by atoms with E-state index in [0.717, 1.165) is 13.1 Å². The normalized spacial score (nSPS) is 18.9. The highest BCUT2D eigenvalue weighted by Crippen LogP contribution is 2.29. The number of hydrogen-bond acceptors (Lipinski definition) is 2. The molecule has 0 saturated carbocycles. The maximum Gasteiger partial charge on any atom is 0.129 e. The molecule has 0 spiro atoms. The van der Waals surface area contributed by atoms with Crippen LogP contribution in [0, 0.1) is 0 Å². The molecule has 2 nitrogen and oxygen atoms in total. The average molecular weight is 253 g/mol. The van der Waals surface area contributed by atoms with E-state index in [0.29, 0.717) is 17.0 Å². The fraction of sp³-hybridized carbons (Fsp3) is 0.643. The van der Waals surface area contributed by atoms with Crippen molar-refractivity contribution < 1.29 is 0 Å². The Kier molecular flexibility index (Phi) is 4.05. The van der Waals surface area contributed by atoms with Crippen LogP contribution in [0.4, 0.5) is 0 Å². The van der Waals surface area contributed by atoms with Gasteiger partial charge < -0.3 is 4.90 Å². The van der Waals surface area contributed by atoms with Gasteiger partial charge in [0.2, 0.25) is 0 Å². The maximum absolute atomic E-state index is 6.12. The van der Waals surface area contributed by atoms with Crippen molar-refractivity contribution in [2.24, 2.45) is 0 Å². The standard InChI is InChI=1S/C14H21ClN2/c1-10(2)12-8-13(16-14(15)9-12)11-4-6-17(3)7-5-11/h8-11H,4-7H2,1-3H3. The third-order valence-electron chi connectivity index (χ3n) is 3.64. The van der Waals surface area contributed by atoms with Gasteiger partial charge in [0.1, 0.15) is 5.15 Å². The van der Waals surface area contributed by atoms with Gasteiger partial charge >= 0.3 is 0 Å². The van der Waals surface area contributed by atoms with Crippen molar-refractivity contribution >= 4 is 11.6 Å². The van der Waals surface area contributed by atoms with Gasteiger partial charge in [0, 0.05) is 11.6 Å². The SMILES string of the molecule is CC(C)c1cc(Cl)nc(C2CCN(C)CC2)c1. The van der Waals surface area contributed by atoms with E-state index in [4.69, 9.17) is 11.6 Å². The van der Waals surface area contributed by atoms with E-state index < -0.39 is 0 Å². The summed E-state index contributed by atoms with van der Waals surface area (Å²) >= 11 is 6.12. The number of aromatic nitrogens is 1. The number of rotatable bonds is 2. The fourth-order valence-corrected chi connectivity index (χ4v) is 2.61. The molecule has 1 fully saturated rings. The van der Waals surface area contributed by atoms with Gasteiger partial charge in [-0.1, -0.05) is 25.4 Å².